The van der Waals surface area contributed by atoms with E-state index in [-0.39, 0.29) is 0 Å². The van der Waals surface area contributed by atoms with Gasteiger partial charge in [0.05, 0.1) is 12.0 Å². The number of fused-ring (bicyclic) bond motifs is 1. The third-order valence-electron chi connectivity index (χ3n) is 5.52. The van der Waals surface area contributed by atoms with Crippen molar-refractivity contribution in [1.82, 2.24) is 14.5 Å². The van der Waals surface area contributed by atoms with Gasteiger partial charge >= 0.3 is 0 Å². The number of para-hydroxylation sites is 1. The normalized spacial score (nSPS) is 23.3. The number of hydrogen-bond donors (Lipinski definition) is 4. The first-order valence-electron chi connectivity index (χ1n) is 10.0. The Bertz CT molecular complexity index is 1180. The molecule has 0 saturated carbocycles. The number of aliphatic hydroxyl groups excluding tert-OH is 3. The van der Waals surface area contributed by atoms with Crippen molar-refractivity contribution in [1.29, 1.82) is 0 Å². The summed E-state index contributed by atoms with van der Waals surface area (Å²) in [6.45, 7) is -0.394. The number of ether oxygens (including phenoxy) is 1. The van der Waals surface area contributed by atoms with E-state index in [9.17, 15) is 15.3 Å². The molecule has 1 aliphatic heterocycles. The van der Waals surface area contributed by atoms with Gasteiger partial charge in [-0.3, -0.25) is 0 Å². The molecule has 1 fully saturated rings. The Labute approximate surface area is 178 Å². The first kappa shape index (κ1) is 19.7. The fourth-order valence-electron chi connectivity index (χ4n) is 3.98. The van der Waals surface area contributed by atoms with Crippen LogP contribution in [0.15, 0.2) is 73.2 Å². The fourth-order valence-corrected chi connectivity index (χ4v) is 3.98. The molecule has 2 aromatic carbocycles. The molecule has 4 N–H and O–H groups in total. The molecule has 1 aliphatic rings. The Balaban J connectivity index is 1.69. The molecule has 4 atom stereocenters. The second-order valence-corrected chi connectivity index (χ2v) is 7.46. The van der Waals surface area contributed by atoms with E-state index >= 15 is 0 Å². The van der Waals surface area contributed by atoms with Gasteiger partial charge in [-0.25, -0.2) is 9.97 Å². The molecule has 0 amide bonds. The summed E-state index contributed by atoms with van der Waals surface area (Å²) >= 11 is 0. The largest absolute Gasteiger partial charge is 0.394 e. The molecule has 158 valence electrons. The number of nitrogens with one attached hydrogen (secondary N) is 1. The van der Waals surface area contributed by atoms with Crippen molar-refractivity contribution >= 4 is 22.5 Å². The number of rotatable bonds is 5. The van der Waals surface area contributed by atoms with Gasteiger partial charge in [0.1, 0.15) is 36.1 Å². The van der Waals surface area contributed by atoms with Gasteiger partial charge in [-0.15, -0.1) is 0 Å². The van der Waals surface area contributed by atoms with Crippen LogP contribution in [0.25, 0.3) is 22.2 Å². The topological polar surface area (TPSA) is 113 Å². The van der Waals surface area contributed by atoms with Crippen LogP contribution in [0, 0.1) is 0 Å². The quantitative estimate of drug-likeness (QED) is 0.394. The summed E-state index contributed by atoms with van der Waals surface area (Å²) in [5.74, 6) is 0.612. The van der Waals surface area contributed by atoms with E-state index in [4.69, 9.17) is 4.74 Å². The minimum Gasteiger partial charge on any atom is -0.394 e. The first-order chi connectivity index (χ1) is 15.2. The van der Waals surface area contributed by atoms with Crippen LogP contribution in [0.3, 0.4) is 0 Å². The Hall–Kier alpha value is -3.30. The number of hydrogen-bond acceptors (Lipinski definition) is 7. The summed E-state index contributed by atoms with van der Waals surface area (Å²) in [6.07, 6.45) is -0.896. The van der Waals surface area contributed by atoms with E-state index in [1.807, 2.05) is 66.9 Å². The second-order valence-electron chi connectivity index (χ2n) is 7.46. The van der Waals surface area contributed by atoms with E-state index in [1.165, 1.54) is 6.33 Å². The number of nitrogens with zero attached hydrogens (tertiary/aromatic N) is 3. The SMILES string of the molecule is OC[C@H]1O[C@@H](n2cc(-c3ccccc3)c3c(Nc4ccccc4)ncnc32)[C@H](O)[C@@H]1O. The van der Waals surface area contributed by atoms with Crippen LogP contribution in [0.1, 0.15) is 6.23 Å². The van der Waals surface area contributed by atoms with Gasteiger partial charge in [0.25, 0.3) is 0 Å². The van der Waals surface area contributed by atoms with Crippen LogP contribution >= 0.6 is 0 Å². The van der Waals surface area contributed by atoms with Gasteiger partial charge in [-0.1, -0.05) is 48.5 Å². The lowest BCUT2D eigenvalue weighted by Crippen LogP contribution is -2.33. The summed E-state index contributed by atoms with van der Waals surface area (Å²) in [4.78, 5) is 8.93. The average Bonchev–Trinajstić information content (AvgIpc) is 3.33. The Morgan fingerprint density at radius 1 is 0.935 bits per heavy atom. The molecule has 0 aliphatic carbocycles. The molecule has 3 heterocycles. The molecule has 1 saturated heterocycles. The van der Waals surface area contributed by atoms with Crippen molar-refractivity contribution < 1.29 is 20.1 Å². The van der Waals surface area contributed by atoms with Crippen molar-refractivity contribution in [2.24, 2.45) is 0 Å². The monoisotopic (exact) mass is 418 g/mol. The summed E-state index contributed by atoms with van der Waals surface area (Å²) < 4.78 is 7.46. The molecular formula is C23H22N4O4. The highest BCUT2D eigenvalue weighted by atomic mass is 16.6. The summed E-state index contributed by atoms with van der Waals surface area (Å²) in [5, 5.41) is 34.4. The van der Waals surface area contributed by atoms with Crippen LogP contribution in [-0.2, 0) is 4.74 Å². The van der Waals surface area contributed by atoms with Gasteiger partial charge in [0.15, 0.2) is 6.23 Å². The minimum absolute atomic E-state index is 0.394. The molecule has 8 heteroatoms. The van der Waals surface area contributed by atoms with Crippen LogP contribution < -0.4 is 5.32 Å². The van der Waals surface area contributed by atoms with E-state index in [1.54, 1.807) is 4.57 Å². The number of aliphatic hydroxyl groups is 3. The Morgan fingerprint density at radius 2 is 1.65 bits per heavy atom. The maximum Gasteiger partial charge on any atom is 0.164 e. The smallest absolute Gasteiger partial charge is 0.164 e. The number of aromatic nitrogens is 3. The Kier molecular flexibility index (Phi) is 5.13. The number of benzene rings is 2. The van der Waals surface area contributed by atoms with Gasteiger partial charge in [-0.2, -0.15) is 0 Å². The molecule has 0 radical (unpaired) electrons. The molecule has 0 unspecified atom stereocenters. The lowest BCUT2D eigenvalue weighted by Gasteiger charge is -2.17. The van der Waals surface area contributed by atoms with Crippen molar-refractivity contribution in [3.05, 3.63) is 73.2 Å². The zero-order valence-electron chi connectivity index (χ0n) is 16.5. The second kappa shape index (κ2) is 8.09. The van der Waals surface area contributed by atoms with E-state index < -0.39 is 31.1 Å². The van der Waals surface area contributed by atoms with E-state index in [0.29, 0.717) is 11.5 Å². The third kappa shape index (κ3) is 3.45. The molecule has 5 rings (SSSR count). The fraction of sp³-hybridized carbons (Fsp3) is 0.217. The standard InChI is InChI=1S/C23H22N4O4/c28-12-17-19(29)20(30)23(31-17)27-11-16(14-7-3-1-4-8-14)18-21(24-13-25-22(18)27)26-15-9-5-2-6-10-15/h1-11,13,17,19-20,23,28-30H,12H2,(H,24,25,26)/t17-,19-,20-,23-/m1/s1. The zero-order valence-corrected chi connectivity index (χ0v) is 16.5. The molecule has 0 bridgehead atoms. The predicted octanol–water partition coefficient (Wildman–Crippen LogP) is 2.45. The van der Waals surface area contributed by atoms with Crippen LogP contribution in [0.2, 0.25) is 0 Å². The zero-order chi connectivity index (χ0) is 21.4. The van der Waals surface area contributed by atoms with Crippen molar-refractivity contribution in [3.63, 3.8) is 0 Å². The van der Waals surface area contributed by atoms with Crippen molar-refractivity contribution in [2.45, 2.75) is 24.5 Å². The third-order valence-corrected chi connectivity index (χ3v) is 5.52. The van der Waals surface area contributed by atoms with E-state index in [0.717, 1.165) is 22.2 Å². The molecule has 0 spiro atoms. The van der Waals surface area contributed by atoms with Gasteiger partial charge in [0, 0.05) is 17.4 Å². The maximum absolute atomic E-state index is 10.6. The van der Waals surface area contributed by atoms with Crippen molar-refractivity contribution in [2.75, 3.05) is 11.9 Å². The molecule has 31 heavy (non-hydrogen) atoms. The lowest BCUT2D eigenvalue weighted by atomic mass is 10.1. The highest BCUT2D eigenvalue weighted by Gasteiger charge is 2.44. The molecule has 4 aromatic rings. The van der Waals surface area contributed by atoms with Crippen LogP contribution in [0.4, 0.5) is 11.5 Å². The van der Waals surface area contributed by atoms with Gasteiger partial charge in [0.2, 0.25) is 0 Å². The average molecular weight is 418 g/mol. The van der Waals surface area contributed by atoms with Crippen LogP contribution in [0.5, 0.6) is 0 Å². The first-order valence-corrected chi connectivity index (χ1v) is 10.0. The summed E-state index contributed by atoms with van der Waals surface area (Å²) in [7, 11) is 0. The van der Waals surface area contributed by atoms with Crippen molar-refractivity contribution in [3.8, 4) is 11.1 Å². The molecule has 8 nitrogen and oxygen atoms in total. The number of anilines is 2. The molecule has 2 aromatic heterocycles. The highest BCUT2D eigenvalue weighted by Crippen LogP contribution is 2.39. The van der Waals surface area contributed by atoms with Gasteiger partial charge < -0.3 is 29.9 Å². The lowest BCUT2D eigenvalue weighted by molar-refractivity contribution is -0.0508. The predicted molar refractivity (Wildman–Crippen MR) is 116 cm³/mol. The van der Waals surface area contributed by atoms with Crippen LogP contribution in [-0.4, -0.2) is 54.8 Å². The molecular weight excluding hydrogens is 396 g/mol. The highest BCUT2D eigenvalue weighted by molar-refractivity contribution is 6.02. The Morgan fingerprint density at radius 3 is 2.32 bits per heavy atom. The minimum atomic E-state index is -1.21. The summed E-state index contributed by atoms with van der Waals surface area (Å²) in [5.41, 5.74) is 3.22. The van der Waals surface area contributed by atoms with Gasteiger partial charge in [-0.05, 0) is 17.7 Å². The summed E-state index contributed by atoms with van der Waals surface area (Å²) in [6, 6.07) is 19.5. The maximum atomic E-state index is 10.6. The van der Waals surface area contributed by atoms with E-state index in [2.05, 4.69) is 15.3 Å².